The molecule has 0 aliphatic carbocycles. The summed E-state index contributed by atoms with van der Waals surface area (Å²) in [5.74, 6) is -0.524. The number of carboxylic acids is 1. The Morgan fingerprint density at radius 3 is 2.64 bits per heavy atom. The molecule has 148 valence electrons. The number of aryl methyl sites for hydroxylation is 1. The minimum absolute atomic E-state index is 0.0530. The smallest absolute Gasteiger partial charge is 0.339 e. The molecule has 7 heteroatoms. The zero-order valence-electron chi connectivity index (χ0n) is 16.3. The zero-order valence-corrected chi connectivity index (χ0v) is 16.3. The average molecular weight is 384 g/mol. The fraction of sp³-hybridized carbons (Fsp3) is 0.381. The van der Waals surface area contributed by atoms with Crippen LogP contribution in [-0.2, 0) is 22.6 Å². The third-order valence-corrected chi connectivity index (χ3v) is 5.20. The molecule has 0 radical (unpaired) electrons. The van der Waals surface area contributed by atoms with Crippen LogP contribution >= 0.6 is 0 Å². The number of carbonyl (C=O) groups excluding carboxylic acids is 2. The van der Waals surface area contributed by atoms with E-state index in [1.54, 1.807) is 18.9 Å². The van der Waals surface area contributed by atoms with E-state index in [2.05, 4.69) is 0 Å². The van der Waals surface area contributed by atoms with Gasteiger partial charge in [-0.25, -0.2) is 4.79 Å². The molecule has 0 saturated carbocycles. The first-order valence-corrected chi connectivity index (χ1v) is 9.19. The van der Waals surface area contributed by atoms with Gasteiger partial charge in [0.15, 0.2) is 0 Å². The number of rotatable bonds is 5. The summed E-state index contributed by atoms with van der Waals surface area (Å²) in [4.78, 5) is 39.3. The van der Waals surface area contributed by atoms with Gasteiger partial charge in [-0.3, -0.25) is 9.59 Å². The number of carbonyl (C=O) groups is 3. The lowest BCUT2D eigenvalue weighted by Gasteiger charge is -2.37. The van der Waals surface area contributed by atoms with E-state index in [0.29, 0.717) is 18.1 Å². The van der Waals surface area contributed by atoms with Crippen LogP contribution in [0.15, 0.2) is 34.7 Å². The van der Waals surface area contributed by atoms with Crippen molar-refractivity contribution < 1.29 is 23.9 Å². The summed E-state index contributed by atoms with van der Waals surface area (Å²) in [6.45, 7) is 3.86. The third kappa shape index (κ3) is 3.93. The van der Waals surface area contributed by atoms with Gasteiger partial charge < -0.3 is 19.3 Å². The summed E-state index contributed by atoms with van der Waals surface area (Å²) >= 11 is 0. The first kappa shape index (κ1) is 19.7. The van der Waals surface area contributed by atoms with Crippen LogP contribution in [0.2, 0.25) is 0 Å². The molecule has 7 nitrogen and oxygen atoms in total. The van der Waals surface area contributed by atoms with Crippen LogP contribution in [0.3, 0.4) is 0 Å². The first-order chi connectivity index (χ1) is 13.3. The molecule has 1 aliphatic rings. The second kappa shape index (κ2) is 7.88. The summed E-state index contributed by atoms with van der Waals surface area (Å²) in [5.41, 5.74) is 2.26. The highest BCUT2D eigenvalue weighted by molar-refractivity contribution is 5.88. The highest BCUT2D eigenvalue weighted by atomic mass is 16.4. The van der Waals surface area contributed by atoms with E-state index in [4.69, 9.17) is 9.52 Å². The van der Waals surface area contributed by atoms with E-state index in [9.17, 15) is 14.4 Å². The molecule has 28 heavy (non-hydrogen) atoms. The maximum Gasteiger partial charge on any atom is 0.339 e. The average Bonchev–Trinajstić information content (AvgIpc) is 3.02. The molecule has 1 aromatic heterocycles. The molecule has 1 atom stereocenters. The minimum Gasteiger partial charge on any atom is -0.478 e. The van der Waals surface area contributed by atoms with Crippen LogP contribution in [0.25, 0.3) is 0 Å². The number of aromatic carboxylic acids is 1. The number of nitrogens with zero attached hydrogens (tertiary/aromatic N) is 2. The number of furan rings is 1. The highest BCUT2D eigenvalue weighted by Crippen LogP contribution is 2.32. The van der Waals surface area contributed by atoms with E-state index >= 15 is 0 Å². The number of hydrogen-bond acceptors (Lipinski definition) is 4. The number of carboxylic acid groups (broad SMARTS) is 1. The Kier molecular flexibility index (Phi) is 5.53. The Morgan fingerprint density at radius 1 is 1.29 bits per heavy atom. The van der Waals surface area contributed by atoms with E-state index in [1.807, 2.05) is 24.3 Å². The maximum absolute atomic E-state index is 12.8. The van der Waals surface area contributed by atoms with Gasteiger partial charge in [0.05, 0.1) is 19.0 Å². The SMILES string of the molecule is CC(=O)N1CCc2ccccc2[C@H]1CC(=O)N(C)Cc1cc(C(=O)O)c(C)o1. The molecule has 2 heterocycles. The van der Waals surface area contributed by atoms with Crippen LogP contribution in [0.1, 0.15) is 52.4 Å². The highest BCUT2D eigenvalue weighted by Gasteiger charge is 2.31. The Hall–Kier alpha value is -3.09. The van der Waals surface area contributed by atoms with Crippen molar-refractivity contribution >= 4 is 17.8 Å². The Balaban J connectivity index is 1.76. The summed E-state index contributed by atoms with van der Waals surface area (Å²) in [6, 6.07) is 9.03. The van der Waals surface area contributed by atoms with Crippen LogP contribution in [0, 0.1) is 6.92 Å². The molecule has 2 amide bonds. The monoisotopic (exact) mass is 384 g/mol. The van der Waals surface area contributed by atoms with Gasteiger partial charge in [0.25, 0.3) is 0 Å². The van der Waals surface area contributed by atoms with E-state index in [0.717, 1.165) is 17.5 Å². The van der Waals surface area contributed by atoms with Crippen molar-refractivity contribution in [2.24, 2.45) is 0 Å². The van der Waals surface area contributed by atoms with Gasteiger partial charge >= 0.3 is 5.97 Å². The first-order valence-electron chi connectivity index (χ1n) is 9.19. The molecule has 1 aromatic carbocycles. The number of amides is 2. The summed E-state index contributed by atoms with van der Waals surface area (Å²) in [7, 11) is 1.65. The van der Waals surface area contributed by atoms with Crippen LogP contribution in [0.4, 0.5) is 0 Å². The van der Waals surface area contributed by atoms with Crippen LogP contribution < -0.4 is 0 Å². The van der Waals surface area contributed by atoms with Gasteiger partial charge in [-0.15, -0.1) is 0 Å². The van der Waals surface area contributed by atoms with Crippen molar-refractivity contribution in [1.29, 1.82) is 0 Å². The maximum atomic E-state index is 12.8. The van der Waals surface area contributed by atoms with E-state index in [-0.39, 0.29) is 36.4 Å². The largest absolute Gasteiger partial charge is 0.478 e. The number of hydrogen-bond donors (Lipinski definition) is 1. The van der Waals surface area contributed by atoms with Gasteiger partial charge in [0.1, 0.15) is 17.1 Å². The predicted molar refractivity (Wildman–Crippen MR) is 102 cm³/mol. The molecule has 0 unspecified atom stereocenters. The molecule has 0 spiro atoms. The fourth-order valence-corrected chi connectivity index (χ4v) is 3.73. The number of fused-ring (bicyclic) bond motifs is 1. The second-order valence-corrected chi connectivity index (χ2v) is 7.12. The van der Waals surface area contributed by atoms with Crippen molar-refractivity contribution in [2.45, 2.75) is 39.3 Å². The van der Waals surface area contributed by atoms with Gasteiger partial charge in [-0.05, 0) is 30.5 Å². The Bertz CT molecular complexity index is 917. The third-order valence-electron chi connectivity index (χ3n) is 5.20. The molecule has 2 aromatic rings. The van der Waals surface area contributed by atoms with Gasteiger partial charge in [0.2, 0.25) is 11.8 Å². The zero-order chi connectivity index (χ0) is 20.4. The van der Waals surface area contributed by atoms with Gasteiger partial charge in [-0.1, -0.05) is 24.3 Å². The topological polar surface area (TPSA) is 91.1 Å². The van der Waals surface area contributed by atoms with Gasteiger partial charge in [-0.2, -0.15) is 0 Å². The predicted octanol–water partition coefficient (Wildman–Crippen LogP) is 2.78. The van der Waals surface area contributed by atoms with Crippen molar-refractivity contribution in [3.8, 4) is 0 Å². The normalized spacial score (nSPS) is 15.8. The molecule has 1 aliphatic heterocycles. The van der Waals surface area contributed by atoms with Crippen molar-refractivity contribution in [1.82, 2.24) is 9.80 Å². The molecule has 1 N–H and O–H groups in total. The van der Waals surface area contributed by atoms with E-state index < -0.39 is 5.97 Å². The lowest BCUT2D eigenvalue weighted by Crippen LogP contribution is -2.41. The van der Waals surface area contributed by atoms with Crippen molar-refractivity contribution in [2.75, 3.05) is 13.6 Å². The lowest BCUT2D eigenvalue weighted by atomic mass is 9.90. The lowest BCUT2D eigenvalue weighted by molar-refractivity contribution is -0.136. The van der Waals surface area contributed by atoms with E-state index in [1.165, 1.54) is 17.9 Å². The second-order valence-electron chi connectivity index (χ2n) is 7.12. The molecule has 0 bridgehead atoms. The Morgan fingerprint density at radius 2 is 2.00 bits per heavy atom. The molecule has 3 rings (SSSR count). The molecule has 0 fully saturated rings. The van der Waals surface area contributed by atoms with Crippen molar-refractivity contribution in [3.05, 3.63) is 58.5 Å². The molecular formula is C21H24N2O5. The van der Waals surface area contributed by atoms with Crippen LogP contribution in [0.5, 0.6) is 0 Å². The molecular weight excluding hydrogens is 360 g/mol. The number of benzene rings is 1. The standard InChI is InChI=1S/C21H24N2O5/c1-13-18(21(26)27)10-16(28-13)12-22(3)20(25)11-19-17-7-5-4-6-15(17)8-9-23(19)14(2)24/h4-7,10,19H,8-9,11-12H2,1-3H3,(H,26,27)/t19-/m1/s1. The summed E-state index contributed by atoms with van der Waals surface area (Å²) < 4.78 is 5.46. The minimum atomic E-state index is -1.06. The summed E-state index contributed by atoms with van der Waals surface area (Å²) in [5, 5.41) is 9.13. The summed E-state index contributed by atoms with van der Waals surface area (Å²) in [6.07, 6.45) is 0.943. The fourth-order valence-electron chi connectivity index (χ4n) is 3.73. The van der Waals surface area contributed by atoms with Crippen LogP contribution in [-0.4, -0.2) is 46.3 Å². The quantitative estimate of drug-likeness (QED) is 0.856. The van der Waals surface area contributed by atoms with Crippen molar-refractivity contribution in [3.63, 3.8) is 0 Å². The Labute approximate surface area is 163 Å². The molecule has 0 saturated heterocycles. The van der Waals surface area contributed by atoms with Gasteiger partial charge in [0, 0.05) is 20.5 Å².